The number of benzene rings is 1. The monoisotopic (exact) mass is 348 g/mol. The summed E-state index contributed by atoms with van der Waals surface area (Å²) in [6.45, 7) is 5.71. The molecule has 6 nitrogen and oxygen atoms in total. The van der Waals surface area contributed by atoms with Gasteiger partial charge in [-0.15, -0.1) is 11.3 Å². The molecule has 0 saturated heterocycles. The second kappa shape index (κ2) is 8.44. The van der Waals surface area contributed by atoms with Crippen molar-refractivity contribution in [1.29, 1.82) is 0 Å². The van der Waals surface area contributed by atoms with E-state index in [1.165, 1.54) is 11.3 Å². The average molecular weight is 348 g/mol. The molecule has 2 aromatic rings. The van der Waals surface area contributed by atoms with E-state index in [9.17, 15) is 9.59 Å². The number of carbonyl (C=O) groups excluding carboxylic acids is 2. The number of anilines is 1. The van der Waals surface area contributed by atoms with Gasteiger partial charge in [-0.2, -0.15) is 0 Å². The summed E-state index contributed by atoms with van der Waals surface area (Å²) >= 11 is 1.26. The molecule has 1 atom stereocenters. The maximum atomic E-state index is 12.2. The zero-order valence-electron chi connectivity index (χ0n) is 13.9. The normalized spacial score (nSPS) is 11.6. The zero-order chi connectivity index (χ0) is 17.5. The predicted molar refractivity (Wildman–Crippen MR) is 92.3 cm³/mol. The quantitative estimate of drug-likeness (QED) is 0.779. The Morgan fingerprint density at radius 3 is 2.88 bits per heavy atom. The van der Waals surface area contributed by atoms with Crippen LogP contribution < -0.4 is 10.1 Å². The number of nitrogens with zero attached hydrogens (tertiary/aromatic N) is 1. The molecule has 24 heavy (non-hydrogen) atoms. The van der Waals surface area contributed by atoms with Crippen LogP contribution in [0.3, 0.4) is 0 Å². The molecule has 1 heterocycles. The number of aromatic nitrogens is 1. The largest absolute Gasteiger partial charge is 0.481 e. The van der Waals surface area contributed by atoms with E-state index < -0.39 is 6.10 Å². The zero-order valence-corrected chi connectivity index (χ0v) is 14.7. The molecule has 1 N–H and O–H groups in total. The van der Waals surface area contributed by atoms with Crippen molar-refractivity contribution < 1.29 is 19.1 Å². The Kier molecular flexibility index (Phi) is 6.31. The summed E-state index contributed by atoms with van der Waals surface area (Å²) in [5.41, 5.74) is 1.63. The molecule has 0 aliphatic heterocycles. The summed E-state index contributed by atoms with van der Waals surface area (Å²) in [6, 6.07) is 7.50. The molecule has 0 aliphatic rings. The van der Waals surface area contributed by atoms with E-state index >= 15 is 0 Å². The molecule has 1 aromatic carbocycles. The van der Waals surface area contributed by atoms with Crippen LogP contribution in [0.25, 0.3) is 0 Å². The Morgan fingerprint density at radius 1 is 1.38 bits per heavy atom. The van der Waals surface area contributed by atoms with Crippen LogP contribution in [0.15, 0.2) is 29.6 Å². The van der Waals surface area contributed by atoms with Crippen molar-refractivity contribution in [3.8, 4) is 5.75 Å². The molecule has 0 spiro atoms. The minimum Gasteiger partial charge on any atom is -0.481 e. The van der Waals surface area contributed by atoms with Crippen molar-refractivity contribution in [3.63, 3.8) is 0 Å². The van der Waals surface area contributed by atoms with E-state index in [0.717, 1.165) is 5.56 Å². The minimum atomic E-state index is -0.663. The van der Waals surface area contributed by atoms with Gasteiger partial charge >= 0.3 is 5.97 Å². The second-order valence-corrected chi connectivity index (χ2v) is 6.05. The van der Waals surface area contributed by atoms with E-state index in [2.05, 4.69) is 10.3 Å². The third-order valence-corrected chi connectivity index (χ3v) is 3.89. The van der Waals surface area contributed by atoms with Crippen LogP contribution in [0.1, 0.15) is 25.1 Å². The lowest BCUT2D eigenvalue weighted by Gasteiger charge is -2.14. The van der Waals surface area contributed by atoms with E-state index in [1.807, 2.05) is 25.1 Å². The van der Waals surface area contributed by atoms with Gasteiger partial charge in [-0.25, -0.2) is 4.98 Å². The number of nitrogens with one attached hydrogen (secondary N) is 1. The molecule has 2 rings (SSSR count). The minimum absolute atomic E-state index is 0.0928. The predicted octanol–water partition coefficient (Wildman–Crippen LogP) is 2.96. The van der Waals surface area contributed by atoms with E-state index in [-0.39, 0.29) is 18.3 Å². The van der Waals surface area contributed by atoms with Gasteiger partial charge in [0.05, 0.1) is 18.7 Å². The van der Waals surface area contributed by atoms with Crippen LogP contribution in [0.4, 0.5) is 5.13 Å². The highest BCUT2D eigenvalue weighted by Gasteiger charge is 2.17. The Morgan fingerprint density at radius 2 is 2.17 bits per heavy atom. The number of carbonyl (C=O) groups is 2. The molecular formula is C17H20N2O4S. The van der Waals surface area contributed by atoms with Crippen molar-refractivity contribution in [2.45, 2.75) is 33.3 Å². The summed E-state index contributed by atoms with van der Waals surface area (Å²) < 4.78 is 10.5. The smallest absolute Gasteiger partial charge is 0.311 e. The standard InChI is InChI=1S/C17H20N2O4S/c1-4-22-15(20)9-13-10-24-17(18-13)19-16(21)12(3)23-14-7-5-6-11(2)8-14/h5-8,10,12H,4,9H2,1-3H3,(H,18,19,21)/t12-/m0/s1. The molecule has 0 unspecified atom stereocenters. The van der Waals surface area contributed by atoms with Crippen molar-refractivity contribution in [1.82, 2.24) is 4.98 Å². The van der Waals surface area contributed by atoms with Crippen molar-refractivity contribution in [3.05, 3.63) is 40.9 Å². The highest BCUT2D eigenvalue weighted by Crippen LogP contribution is 2.18. The molecule has 0 fully saturated rings. The van der Waals surface area contributed by atoms with Crippen LogP contribution in [0.2, 0.25) is 0 Å². The Hall–Kier alpha value is -2.41. The third-order valence-electron chi connectivity index (χ3n) is 3.08. The van der Waals surface area contributed by atoms with E-state index in [0.29, 0.717) is 23.2 Å². The van der Waals surface area contributed by atoms with Gasteiger partial charge in [-0.1, -0.05) is 12.1 Å². The summed E-state index contributed by atoms with van der Waals surface area (Å²) in [4.78, 5) is 27.8. The van der Waals surface area contributed by atoms with Crippen molar-refractivity contribution in [2.24, 2.45) is 0 Å². The van der Waals surface area contributed by atoms with Gasteiger partial charge in [0, 0.05) is 5.38 Å². The molecular weight excluding hydrogens is 328 g/mol. The van der Waals surface area contributed by atoms with Crippen LogP contribution in [0, 0.1) is 6.92 Å². The van der Waals surface area contributed by atoms with E-state index in [1.54, 1.807) is 25.3 Å². The molecule has 128 valence electrons. The topological polar surface area (TPSA) is 77.5 Å². The van der Waals surface area contributed by atoms with Crippen molar-refractivity contribution in [2.75, 3.05) is 11.9 Å². The first-order chi connectivity index (χ1) is 11.5. The number of esters is 1. The summed E-state index contributed by atoms with van der Waals surface area (Å²) in [5, 5.41) is 4.84. The fraction of sp³-hybridized carbons (Fsp3) is 0.353. The SMILES string of the molecule is CCOC(=O)Cc1csc(NC(=O)[C@H](C)Oc2cccc(C)c2)n1. The first kappa shape index (κ1) is 17.9. The van der Waals surface area contributed by atoms with Gasteiger partial charge in [0.25, 0.3) is 5.91 Å². The second-order valence-electron chi connectivity index (χ2n) is 5.19. The number of ether oxygens (including phenoxy) is 2. The summed E-state index contributed by atoms with van der Waals surface area (Å²) in [5.74, 6) is 0.00477. The maximum absolute atomic E-state index is 12.2. The Bertz CT molecular complexity index is 714. The molecule has 1 amide bonds. The number of hydrogen-bond donors (Lipinski definition) is 1. The summed E-state index contributed by atoms with van der Waals surface area (Å²) in [6.07, 6.45) is -0.570. The van der Waals surface area contributed by atoms with Gasteiger partial charge in [-0.3, -0.25) is 14.9 Å². The molecule has 0 bridgehead atoms. The lowest BCUT2D eigenvalue weighted by Crippen LogP contribution is -2.30. The number of aryl methyl sites for hydroxylation is 1. The van der Waals surface area contributed by atoms with Crippen molar-refractivity contribution >= 4 is 28.3 Å². The fourth-order valence-electron chi connectivity index (χ4n) is 1.96. The number of rotatable bonds is 7. The first-order valence-electron chi connectivity index (χ1n) is 7.62. The first-order valence-corrected chi connectivity index (χ1v) is 8.50. The Labute approximate surface area is 144 Å². The molecule has 0 saturated carbocycles. The highest BCUT2D eigenvalue weighted by atomic mass is 32.1. The lowest BCUT2D eigenvalue weighted by atomic mass is 10.2. The average Bonchev–Trinajstić information content (AvgIpc) is 2.94. The highest BCUT2D eigenvalue weighted by molar-refractivity contribution is 7.13. The van der Waals surface area contributed by atoms with Gasteiger partial charge in [-0.05, 0) is 38.5 Å². The van der Waals surface area contributed by atoms with Crippen LogP contribution in [-0.2, 0) is 20.7 Å². The molecule has 1 aromatic heterocycles. The van der Waals surface area contributed by atoms with Crippen LogP contribution in [-0.4, -0.2) is 29.6 Å². The van der Waals surface area contributed by atoms with Crippen LogP contribution in [0.5, 0.6) is 5.75 Å². The van der Waals surface area contributed by atoms with Gasteiger partial charge in [0.2, 0.25) is 0 Å². The fourth-order valence-corrected chi connectivity index (χ4v) is 2.67. The van der Waals surface area contributed by atoms with Gasteiger partial charge in [0.1, 0.15) is 5.75 Å². The third kappa shape index (κ3) is 5.34. The van der Waals surface area contributed by atoms with Gasteiger partial charge in [0.15, 0.2) is 11.2 Å². The maximum Gasteiger partial charge on any atom is 0.311 e. The molecule has 0 aliphatic carbocycles. The number of amides is 1. The van der Waals surface area contributed by atoms with Crippen LogP contribution >= 0.6 is 11.3 Å². The molecule has 0 radical (unpaired) electrons. The number of thiazole rings is 1. The summed E-state index contributed by atoms with van der Waals surface area (Å²) in [7, 11) is 0. The lowest BCUT2D eigenvalue weighted by molar-refractivity contribution is -0.142. The van der Waals surface area contributed by atoms with Gasteiger partial charge < -0.3 is 9.47 Å². The number of hydrogen-bond acceptors (Lipinski definition) is 6. The van der Waals surface area contributed by atoms with E-state index in [4.69, 9.17) is 9.47 Å². The molecule has 7 heteroatoms. The Balaban J connectivity index is 1.89.